The molecule has 0 saturated carbocycles. The Labute approximate surface area is 122 Å². The van der Waals surface area contributed by atoms with Crippen LogP contribution >= 0.6 is 11.3 Å². The fourth-order valence-corrected chi connectivity index (χ4v) is 2.86. The molecule has 0 saturated heterocycles. The van der Waals surface area contributed by atoms with Crippen LogP contribution in [0.5, 0.6) is 0 Å². The number of esters is 1. The Balaban J connectivity index is 1.95. The Bertz CT molecular complexity index is 608. The zero-order valence-electron chi connectivity index (χ0n) is 11.9. The maximum atomic E-state index is 11.5. The van der Waals surface area contributed by atoms with Gasteiger partial charge < -0.3 is 10.1 Å². The van der Waals surface area contributed by atoms with Gasteiger partial charge in [0.15, 0.2) is 5.13 Å². The molecule has 1 aromatic heterocycles. The molecular formula is C15H18N2O2S. The lowest BCUT2D eigenvalue weighted by Gasteiger charge is -2.05. The molecule has 0 atom stereocenters. The molecule has 1 heterocycles. The molecule has 0 aliphatic heterocycles. The van der Waals surface area contributed by atoms with Crippen molar-refractivity contribution >= 4 is 22.4 Å². The van der Waals surface area contributed by atoms with Crippen LogP contribution in [0, 0.1) is 13.8 Å². The fraction of sp³-hybridized carbons (Fsp3) is 0.333. The van der Waals surface area contributed by atoms with E-state index in [9.17, 15) is 4.79 Å². The van der Waals surface area contributed by atoms with Crippen LogP contribution in [0.25, 0.3) is 0 Å². The largest absolute Gasteiger partial charge is 0.465 e. The molecule has 5 heteroatoms. The van der Waals surface area contributed by atoms with Gasteiger partial charge in [0.1, 0.15) is 4.88 Å². The number of aromatic nitrogens is 1. The van der Waals surface area contributed by atoms with Gasteiger partial charge in [-0.2, -0.15) is 0 Å². The van der Waals surface area contributed by atoms with Gasteiger partial charge in [-0.15, -0.1) is 0 Å². The molecule has 106 valence electrons. The highest BCUT2D eigenvalue weighted by Gasteiger charge is 2.15. The van der Waals surface area contributed by atoms with Crippen LogP contribution in [-0.4, -0.2) is 24.6 Å². The van der Waals surface area contributed by atoms with Crippen molar-refractivity contribution < 1.29 is 9.53 Å². The third-order valence-corrected chi connectivity index (χ3v) is 4.19. The van der Waals surface area contributed by atoms with Gasteiger partial charge in [-0.1, -0.05) is 35.6 Å². The number of carbonyl (C=O) groups excluding carboxylic acids is 1. The summed E-state index contributed by atoms with van der Waals surface area (Å²) < 4.78 is 4.72. The predicted molar refractivity (Wildman–Crippen MR) is 81.6 cm³/mol. The fourth-order valence-electron chi connectivity index (χ4n) is 1.95. The van der Waals surface area contributed by atoms with Crippen molar-refractivity contribution in [2.24, 2.45) is 0 Å². The average molecular weight is 290 g/mol. The molecule has 1 aromatic carbocycles. The smallest absolute Gasteiger partial charge is 0.350 e. The Morgan fingerprint density at radius 2 is 2.10 bits per heavy atom. The number of methoxy groups -OCH3 is 1. The van der Waals surface area contributed by atoms with Gasteiger partial charge >= 0.3 is 5.97 Å². The van der Waals surface area contributed by atoms with Crippen molar-refractivity contribution in [3.8, 4) is 0 Å². The molecule has 4 nitrogen and oxygen atoms in total. The first-order chi connectivity index (χ1) is 9.61. The molecule has 0 unspecified atom stereocenters. The first-order valence-electron chi connectivity index (χ1n) is 6.46. The molecule has 0 amide bonds. The van der Waals surface area contributed by atoms with Crippen LogP contribution in [0.3, 0.4) is 0 Å². The first kappa shape index (κ1) is 14.5. The molecule has 0 aliphatic rings. The SMILES string of the molecule is COC(=O)c1sc(NCCc2ccccc2C)nc1C. The molecule has 0 bridgehead atoms. The zero-order chi connectivity index (χ0) is 14.5. The predicted octanol–water partition coefficient (Wildman–Crippen LogP) is 3.20. The molecular weight excluding hydrogens is 272 g/mol. The summed E-state index contributed by atoms with van der Waals surface area (Å²) in [7, 11) is 1.38. The Hall–Kier alpha value is -1.88. The van der Waals surface area contributed by atoms with E-state index in [0.717, 1.165) is 18.1 Å². The standard InChI is InChI=1S/C15H18N2O2S/c1-10-6-4-5-7-12(10)8-9-16-15-17-11(2)13(20-15)14(18)19-3/h4-7H,8-9H2,1-3H3,(H,16,17). The Kier molecular flexibility index (Phi) is 4.74. The summed E-state index contributed by atoms with van der Waals surface area (Å²) in [5.41, 5.74) is 3.32. The van der Waals surface area contributed by atoms with E-state index in [1.165, 1.54) is 29.6 Å². The molecule has 0 radical (unpaired) electrons. The Morgan fingerprint density at radius 3 is 2.80 bits per heavy atom. The third kappa shape index (κ3) is 3.36. The van der Waals surface area contributed by atoms with E-state index >= 15 is 0 Å². The summed E-state index contributed by atoms with van der Waals surface area (Å²) >= 11 is 1.33. The average Bonchev–Trinajstić information content (AvgIpc) is 2.81. The number of aryl methyl sites for hydroxylation is 2. The van der Waals surface area contributed by atoms with Gasteiger partial charge in [0.05, 0.1) is 12.8 Å². The molecule has 0 fully saturated rings. The number of anilines is 1. The van der Waals surface area contributed by atoms with E-state index in [2.05, 4.69) is 29.4 Å². The zero-order valence-corrected chi connectivity index (χ0v) is 12.7. The van der Waals surface area contributed by atoms with E-state index in [1.54, 1.807) is 0 Å². The minimum Gasteiger partial charge on any atom is -0.465 e. The van der Waals surface area contributed by atoms with E-state index in [-0.39, 0.29) is 5.97 Å². The van der Waals surface area contributed by atoms with Crippen LogP contribution < -0.4 is 5.32 Å². The highest BCUT2D eigenvalue weighted by Crippen LogP contribution is 2.23. The van der Waals surface area contributed by atoms with Crippen molar-refractivity contribution in [1.82, 2.24) is 4.98 Å². The number of benzene rings is 1. The second-order valence-corrected chi connectivity index (χ2v) is 5.53. The summed E-state index contributed by atoms with van der Waals surface area (Å²) in [4.78, 5) is 16.4. The Morgan fingerprint density at radius 1 is 1.35 bits per heavy atom. The van der Waals surface area contributed by atoms with E-state index in [0.29, 0.717) is 10.6 Å². The molecule has 0 aliphatic carbocycles. The topological polar surface area (TPSA) is 51.2 Å². The monoisotopic (exact) mass is 290 g/mol. The van der Waals surface area contributed by atoms with Crippen molar-refractivity contribution in [3.63, 3.8) is 0 Å². The lowest BCUT2D eigenvalue weighted by molar-refractivity contribution is 0.0605. The van der Waals surface area contributed by atoms with Gasteiger partial charge in [0, 0.05) is 6.54 Å². The normalized spacial score (nSPS) is 10.3. The number of nitrogens with one attached hydrogen (secondary N) is 1. The highest BCUT2D eigenvalue weighted by atomic mass is 32.1. The highest BCUT2D eigenvalue weighted by molar-refractivity contribution is 7.17. The number of nitrogens with zero attached hydrogens (tertiary/aromatic N) is 1. The molecule has 2 aromatic rings. The first-order valence-corrected chi connectivity index (χ1v) is 7.27. The summed E-state index contributed by atoms with van der Waals surface area (Å²) in [5, 5.41) is 4.02. The third-order valence-electron chi connectivity index (χ3n) is 3.10. The van der Waals surface area contributed by atoms with Gasteiger partial charge in [-0.3, -0.25) is 0 Å². The number of hydrogen-bond acceptors (Lipinski definition) is 5. The summed E-state index contributed by atoms with van der Waals surface area (Å²) in [6.07, 6.45) is 0.929. The quantitative estimate of drug-likeness (QED) is 0.859. The van der Waals surface area contributed by atoms with Crippen LogP contribution in [0.15, 0.2) is 24.3 Å². The van der Waals surface area contributed by atoms with Crippen LogP contribution in [-0.2, 0) is 11.2 Å². The molecule has 2 rings (SSSR count). The minimum atomic E-state index is -0.327. The van der Waals surface area contributed by atoms with Gasteiger partial charge in [-0.05, 0) is 31.4 Å². The maximum Gasteiger partial charge on any atom is 0.350 e. The second kappa shape index (κ2) is 6.52. The number of carbonyl (C=O) groups is 1. The second-order valence-electron chi connectivity index (χ2n) is 4.53. The van der Waals surface area contributed by atoms with E-state index in [1.807, 2.05) is 19.1 Å². The van der Waals surface area contributed by atoms with Crippen LogP contribution in [0.2, 0.25) is 0 Å². The van der Waals surface area contributed by atoms with Gasteiger partial charge in [0.25, 0.3) is 0 Å². The van der Waals surface area contributed by atoms with E-state index < -0.39 is 0 Å². The van der Waals surface area contributed by atoms with Gasteiger partial charge in [0.2, 0.25) is 0 Å². The van der Waals surface area contributed by atoms with Gasteiger partial charge in [-0.25, -0.2) is 9.78 Å². The van der Waals surface area contributed by atoms with Crippen molar-refractivity contribution in [2.45, 2.75) is 20.3 Å². The summed E-state index contributed by atoms with van der Waals surface area (Å²) in [6.45, 7) is 4.71. The lowest BCUT2D eigenvalue weighted by atomic mass is 10.1. The maximum absolute atomic E-state index is 11.5. The number of hydrogen-bond donors (Lipinski definition) is 1. The van der Waals surface area contributed by atoms with Crippen LogP contribution in [0.1, 0.15) is 26.5 Å². The number of rotatable bonds is 5. The van der Waals surface area contributed by atoms with Crippen molar-refractivity contribution in [2.75, 3.05) is 19.0 Å². The van der Waals surface area contributed by atoms with E-state index in [4.69, 9.17) is 4.74 Å². The summed E-state index contributed by atoms with van der Waals surface area (Å²) in [5.74, 6) is -0.327. The molecule has 20 heavy (non-hydrogen) atoms. The lowest BCUT2D eigenvalue weighted by Crippen LogP contribution is -2.05. The minimum absolute atomic E-state index is 0.327. The number of thiazole rings is 1. The van der Waals surface area contributed by atoms with Crippen LogP contribution in [0.4, 0.5) is 5.13 Å². The van der Waals surface area contributed by atoms with Crippen molar-refractivity contribution in [3.05, 3.63) is 46.0 Å². The number of ether oxygens (including phenoxy) is 1. The summed E-state index contributed by atoms with van der Waals surface area (Å²) in [6, 6.07) is 8.33. The molecule has 1 N–H and O–H groups in total. The molecule has 0 spiro atoms. The van der Waals surface area contributed by atoms with Crippen molar-refractivity contribution in [1.29, 1.82) is 0 Å².